The number of aromatic nitrogens is 2. The highest BCUT2D eigenvalue weighted by molar-refractivity contribution is 7.19. The van der Waals surface area contributed by atoms with Gasteiger partial charge in [0, 0.05) is 37.0 Å². The zero-order valence-corrected chi connectivity index (χ0v) is 22.2. The Morgan fingerprint density at radius 2 is 1.71 bits per heavy atom. The minimum atomic E-state index is -0.0573. The molecule has 186 valence electrons. The van der Waals surface area contributed by atoms with E-state index in [0.29, 0.717) is 5.92 Å². The number of rotatable bonds is 6. The van der Waals surface area contributed by atoms with Gasteiger partial charge in [0.25, 0.3) is 0 Å². The monoisotopic (exact) mass is 490 g/mol. The molecule has 1 aromatic carbocycles. The first-order valence-electron chi connectivity index (χ1n) is 13.5. The van der Waals surface area contributed by atoms with Crippen molar-refractivity contribution in [1.82, 2.24) is 14.9 Å². The molecule has 3 aromatic rings. The quantitative estimate of drug-likeness (QED) is 0.380. The van der Waals surface area contributed by atoms with Crippen molar-refractivity contribution < 1.29 is 4.79 Å². The van der Waals surface area contributed by atoms with Gasteiger partial charge < -0.3 is 9.80 Å². The molecule has 1 aliphatic heterocycles. The van der Waals surface area contributed by atoms with Gasteiger partial charge in [0.15, 0.2) is 0 Å². The summed E-state index contributed by atoms with van der Waals surface area (Å²) in [4.78, 5) is 30.9. The lowest BCUT2D eigenvalue weighted by Gasteiger charge is -2.37. The van der Waals surface area contributed by atoms with Crippen LogP contribution in [0.1, 0.15) is 86.5 Å². The van der Waals surface area contributed by atoms with Crippen molar-refractivity contribution in [2.45, 2.75) is 77.6 Å². The van der Waals surface area contributed by atoms with E-state index in [9.17, 15) is 4.79 Å². The molecule has 0 spiro atoms. The van der Waals surface area contributed by atoms with Crippen LogP contribution in [0.4, 0.5) is 5.82 Å². The normalized spacial score (nSPS) is 18.3. The van der Waals surface area contributed by atoms with E-state index in [1.54, 1.807) is 0 Å². The summed E-state index contributed by atoms with van der Waals surface area (Å²) in [7, 11) is 0. The standard InChI is InChI=1S/C29H38N4OS/c1-4-20(3)26-30-27(25-23-14-10-7-11-15-24(23)35-28(25)31-26)32-16-18-33(19-17-32)29(34)22(5-2)21-12-8-6-9-13-21/h6,8-9,12-13,20,22H,4-5,7,10-11,14-19H2,1-3H3/t20-,22+/m1/s1. The van der Waals surface area contributed by atoms with E-state index < -0.39 is 0 Å². The first kappa shape index (κ1) is 24.2. The van der Waals surface area contributed by atoms with E-state index in [0.717, 1.165) is 62.6 Å². The second-order valence-electron chi connectivity index (χ2n) is 10.1. The molecule has 0 N–H and O–H groups in total. The molecule has 6 heteroatoms. The van der Waals surface area contributed by atoms with Gasteiger partial charge in [-0.3, -0.25) is 4.79 Å². The number of thiophene rings is 1. The lowest BCUT2D eigenvalue weighted by molar-refractivity contribution is -0.133. The van der Waals surface area contributed by atoms with Crippen LogP contribution >= 0.6 is 11.3 Å². The summed E-state index contributed by atoms with van der Waals surface area (Å²) in [6.45, 7) is 9.71. The van der Waals surface area contributed by atoms with Gasteiger partial charge in [-0.1, -0.05) is 57.5 Å². The number of hydrogen-bond acceptors (Lipinski definition) is 5. The molecule has 0 radical (unpaired) electrons. The molecule has 1 saturated heterocycles. The molecule has 1 aliphatic carbocycles. The highest BCUT2D eigenvalue weighted by atomic mass is 32.1. The topological polar surface area (TPSA) is 49.3 Å². The third-order valence-corrected chi connectivity index (χ3v) is 9.10. The van der Waals surface area contributed by atoms with Crippen molar-refractivity contribution in [3.05, 3.63) is 52.2 Å². The van der Waals surface area contributed by atoms with E-state index in [-0.39, 0.29) is 11.8 Å². The molecule has 0 bridgehead atoms. The Morgan fingerprint density at radius 3 is 2.43 bits per heavy atom. The van der Waals surface area contributed by atoms with Crippen LogP contribution < -0.4 is 4.90 Å². The summed E-state index contributed by atoms with van der Waals surface area (Å²) >= 11 is 1.90. The first-order chi connectivity index (χ1) is 17.1. The third kappa shape index (κ3) is 4.82. The number of nitrogens with zero attached hydrogens (tertiary/aromatic N) is 4. The van der Waals surface area contributed by atoms with Gasteiger partial charge in [-0.2, -0.15) is 0 Å². The van der Waals surface area contributed by atoms with Crippen molar-refractivity contribution in [1.29, 1.82) is 0 Å². The van der Waals surface area contributed by atoms with Crippen LogP contribution in [0.15, 0.2) is 30.3 Å². The van der Waals surface area contributed by atoms with Gasteiger partial charge in [-0.05, 0) is 49.7 Å². The van der Waals surface area contributed by atoms with Gasteiger partial charge in [-0.15, -0.1) is 11.3 Å². The van der Waals surface area contributed by atoms with Gasteiger partial charge in [0.05, 0.1) is 11.3 Å². The lowest BCUT2D eigenvalue weighted by Crippen LogP contribution is -2.50. The Kier molecular flexibility index (Phi) is 7.37. The van der Waals surface area contributed by atoms with Crippen LogP contribution in [0.3, 0.4) is 0 Å². The molecule has 2 aliphatic rings. The molecule has 1 amide bonds. The predicted molar refractivity (Wildman–Crippen MR) is 146 cm³/mol. The largest absolute Gasteiger partial charge is 0.352 e. The fourth-order valence-electron chi connectivity index (χ4n) is 5.56. The number of amides is 1. The Hall–Kier alpha value is -2.47. The van der Waals surface area contributed by atoms with Crippen molar-refractivity contribution in [2.24, 2.45) is 0 Å². The Balaban J connectivity index is 1.42. The molecule has 5 nitrogen and oxygen atoms in total. The summed E-state index contributed by atoms with van der Waals surface area (Å²) in [5.41, 5.74) is 2.63. The van der Waals surface area contributed by atoms with Crippen molar-refractivity contribution in [3.63, 3.8) is 0 Å². The van der Waals surface area contributed by atoms with Crippen molar-refractivity contribution in [2.75, 3.05) is 31.1 Å². The lowest BCUT2D eigenvalue weighted by atomic mass is 9.95. The predicted octanol–water partition coefficient (Wildman–Crippen LogP) is 6.32. The minimum Gasteiger partial charge on any atom is -0.352 e. The number of hydrogen-bond donors (Lipinski definition) is 0. The zero-order valence-electron chi connectivity index (χ0n) is 21.4. The summed E-state index contributed by atoms with van der Waals surface area (Å²) in [6, 6.07) is 10.2. The Morgan fingerprint density at radius 1 is 0.971 bits per heavy atom. The molecule has 1 fully saturated rings. The van der Waals surface area contributed by atoms with Gasteiger partial charge in [-0.25, -0.2) is 9.97 Å². The number of aryl methyl sites for hydroxylation is 2. The van der Waals surface area contributed by atoms with E-state index in [1.165, 1.54) is 46.3 Å². The van der Waals surface area contributed by atoms with Crippen LogP contribution in [-0.2, 0) is 17.6 Å². The first-order valence-corrected chi connectivity index (χ1v) is 14.3. The number of benzene rings is 1. The number of anilines is 1. The minimum absolute atomic E-state index is 0.0573. The second kappa shape index (κ2) is 10.7. The van der Waals surface area contributed by atoms with Gasteiger partial charge in [0.1, 0.15) is 16.5 Å². The maximum atomic E-state index is 13.4. The molecule has 5 rings (SSSR count). The molecule has 2 atom stereocenters. The molecular weight excluding hydrogens is 452 g/mol. The summed E-state index contributed by atoms with van der Waals surface area (Å²) < 4.78 is 0. The van der Waals surface area contributed by atoms with E-state index in [4.69, 9.17) is 9.97 Å². The fraction of sp³-hybridized carbons (Fsp3) is 0.552. The number of carbonyl (C=O) groups is 1. The highest BCUT2D eigenvalue weighted by Gasteiger charge is 2.30. The zero-order chi connectivity index (χ0) is 24.4. The maximum absolute atomic E-state index is 13.4. The van der Waals surface area contributed by atoms with Gasteiger partial charge in [0.2, 0.25) is 5.91 Å². The molecule has 2 aromatic heterocycles. The Labute approximate surface area is 213 Å². The summed E-state index contributed by atoms with van der Waals surface area (Å²) in [5.74, 6) is 2.64. The maximum Gasteiger partial charge on any atom is 0.230 e. The molecular formula is C29H38N4OS. The van der Waals surface area contributed by atoms with Crippen LogP contribution in [0.25, 0.3) is 10.2 Å². The number of fused-ring (bicyclic) bond motifs is 3. The van der Waals surface area contributed by atoms with E-state index in [2.05, 4.69) is 42.7 Å². The molecule has 3 heterocycles. The third-order valence-electron chi connectivity index (χ3n) is 7.92. The average Bonchev–Trinajstić information content (AvgIpc) is 3.09. The highest BCUT2D eigenvalue weighted by Crippen LogP contribution is 2.40. The summed E-state index contributed by atoms with van der Waals surface area (Å²) in [5, 5.41) is 1.30. The van der Waals surface area contributed by atoms with Gasteiger partial charge >= 0.3 is 0 Å². The van der Waals surface area contributed by atoms with E-state index in [1.807, 2.05) is 29.5 Å². The van der Waals surface area contributed by atoms with Crippen LogP contribution in [0, 0.1) is 0 Å². The van der Waals surface area contributed by atoms with Crippen LogP contribution in [0.2, 0.25) is 0 Å². The van der Waals surface area contributed by atoms with Crippen molar-refractivity contribution >= 4 is 33.3 Å². The van der Waals surface area contributed by atoms with E-state index >= 15 is 0 Å². The van der Waals surface area contributed by atoms with Crippen LogP contribution in [0.5, 0.6) is 0 Å². The Bertz CT molecular complexity index is 1170. The molecule has 0 unspecified atom stereocenters. The molecule has 0 saturated carbocycles. The SMILES string of the molecule is CC[C@@H](C)c1nc(N2CCN(C(=O)[C@@H](CC)c3ccccc3)CC2)c2c3c(sc2n1)CCCCC3. The number of piperazine rings is 1. The molecule has 35 heavy (non-hydrogen) atoms. The smallest absolute Gasteiger partial charge is 0.230 e. The number of carbonyl (C=O) groups excluding carboxylic acids is 1. The second-order valence-corrected chi connectivity index (χ2v) is 11.2. The summed E-state index contributed by atoms with van der Waals surface area (Å²) in [6.07, 6.45) is 8.03. The van der Waals surface area contributed by atoms with Crippen molar-refractivity contribution in [3.8, 4) is 0 Å². The van der Waals surface area contributed by atoms with Crippen LogP contribution in [-0.4, -0.2) is 47.0 Å². The fourth-order valence-corrected chi connectivity index (χ4v) is 6.82. The average molecular weight is 491 g/mol.